The van der Waals surface area contributed by atoms with Crippen molar-refractivity contribution in [3.05, 3.63) is 82.0 Å². The molecule has 24 heavy (non-hydrogen) atoms. The SMILES string of the molecule is Cc1cc(OC(=O)c2ccccc2[N+](=O)[O-])n(-c2ccccc2)n1. The van der Waals surface area contributed by atoms with Crippen LogP contribution in [0.1, 0.15) is 16.1 Å². The van der Waals surface area contributed by atoms with E-state index in [0.717, 1.165) is 5.69 Å². The number of hydrogen-bond acceptors (Lipinski definition) is 5. The van der Waals surface area contributed by atoms with Gasteiger partial charge < -0.3 is 4.74 Å². The Morgan fingerprint density at radius 2 is 1.79 bits per heavy atom. The molecule has 0 aliphatic rings. The van der Waals surface area contributed by atoms with Gasteiger partial charge in [-0.25, -0.2) is 9.48 Å². The molecular formula is C17H13N3O4. The summed E-state index contributed by atoms with van der Waals surface area (Å²) >= 11 is 0. The summed E-state index contributed by atoms with van der Waals surface area (Å²) in [6.45, 7) is 1.77. The Labute approximate surface area is 137 Å². The summed E-state index contributed by atoms with van der Waals surface area (Å²) in [5.74, 6) is -0.610. The Bertz CT molecular complexity index is 903. The highest BCUT2D eigenvalue weighted by atomic mass is 16.6. The second kappa shape index (κ2) is 6.33. The van der Waals surface area contributed by atoms with Crippen LogP contribution in [0.3, 0.4) is 0 Å². The van der Waals surface area contributed by atoms with E-state index < -0.39 is 10.9 Å². The lowest BCUT2D eigenvalue weighted by atomic mass is 10.2. The van der Waals surface area contributed by atoms with Crippen molar-refractivity contribution < 1.29 is 14.5 Å². The molecule has 1 heterocycles. The van der Waals surface area contributed by atoms with Crippen LogP contribution < -0.4 is 4.74 Å². The summed E-state index contributed by atoms with van der Waals surface area (Å²) in [5.41, 5.74) is 0.964. The molecule has 120 valence electrons. The van der Waals surface area contributed by atoms with Crippen molar-refractivity contribution in [1.29, 1.82) is 0 Å². The number of esters is 1. The minimum absolute atomic E-state index is 0.110. The number of nitro benzene ring substituents is 1. The van der Waals surface area contributed by atoms with Gasteiger partial charge in [0.15, 0.2) is 0 Å². The lowest BCUT2D eigenvalue weighted by Gasteiger charge is -2.08. The number of aryl methyl sites for hydroxylation is 1. The summed E-state index contributed by atoms with van der Waals surface area (Å²) in [4.78, 5) is 22.8. The summed E-state index contributed by atoms with van der Waals surface area (Å²) in [5, 5.41) is 15.3. The van der Waals surface area contributed by atoms with Gasteiger partial charge in [0.2, 0.25) is 5.88 Å². The van der Waals surface area contributed by atoms with Gasteiger partial charge in [0.05, 0.1) is 16.3 Å². The zero-order valence-electron chi connectivity index (χ0n) is 12.7. The first kappa shape index (κ1) is 15.4. The van der Waals surface area contributed by atoms with Crippen LogP contribution in [-0.4, -0.2) is 20.7 Å². The second-order valence-corrected chi connectivity index (χ2v) is 5.04. The van der Waals surface area contributed by atoms with Crippen LogP contribution in [0.15, 0.2) is 60.7 Å². The Morgan fingerprint density at radius 1 is 1.12 bits per heavy atom. The number of nitro groups is 1. The molecule has 0 aliphatic heterocycles. The highest BCUT2D eigenvalue weighted by Crippen LogP contribution is 2.23. The molecule has 0 amide bonds. The molecule has 0 bridgehead atoms. The van der Waals surface area contributed by atoms with Crippen molar-refractivity contribution in [3.63, 3.8) is 0 Å². The molecule has 0 atom stereocenters. The van der Waals surface area contributed by atoms with E-state index in [2.05, 4.69) is 5.10 Å². The average Bonchev–Trinajstić information content (AvgIpc) is 2.96. The first-order valence-electron chi connectivity index (χ1n) is 7.14. The van der Waals surface area contributed by atoms with Gasteiger partial charge in [0.25, 0.3) is 5.69 Å². The van der Waals surface area contributed by atoms with Crippen molar-refractivity contribution >= 4 is 11.7 Å². The van der Waals surface area contributed by atoms with Gasteiger partial charge in [-0.05, 0) is 25.1 Å². The topological polar surface area (TPSA) is 87.3 Å². The van der Waals surface area contributed by atoms with E-state index >= 15 is 0 Å². The van der Waals surface area contributed by atoms with Crippen LogP contribution in [0.4, 0.5) is 5.69 Å². The van der Waals surface area contributed by atoms with Crippen molar-refractivity contribution in [2.75, 3.05) is 0 Å². The van der Waals surface area contributed by atoms with Gasteiger partial charge in [-0.15, -0.1) is 0 Å². The molecule has 0 saturated carbocycles. The van der Waals surface area contributed by atoms with Crippen LogP contribution in [0, 0.1) is 17.0 Å². The van der Waals surface area contributed by atoms with Crippen LogP contribution in [0.2, 0.25) is 0 Å². The van der Waals surface area contributed by atoms with Crippen molar-refractivity contribution in [2.24, 2.45) is 0 Å². The predicted octanol–water partition coefficient (Wildman–Crippen LogP) is 3.31. The van der Waals surface area contributed by atoms with E-state index in [1.807, 2.05) is 30.3 Å². The summed E-state index contributed by atoms with van der Waals surface area (Å²) in [7, 11) is 0. The molecular weight excluding hydrogens is 310 g/mol. The number of hydrogen-bond donors (Lipinski definition) is 0. The maximum absolute atomic E-state index is 12.4. The van der Waals surface area contributed by atoms with Crippen LogP contribution in [0.5, 0.6) is 5.88 Å². The Hall–Kier alpha value is -3.48. The fourth-order valence-corrected chi connectivity index (χ4v) is 2.26. The minimum atomic E-state index is -0.806. The van der Waals surface area contributed by atoms with Gasteiger partial charge in [-0.2, -0.15) is 5.10 Å². The van der Waals surface area contributed by atoms with Crippen molar-refractivity contribution in [3.8, 4) is 11.6 Å². The molecule has 0 spiro atoms. The molecule has 3 aromatic rings. The van der Waals surface area contributed by atoms with Gasteiger partial charge in [0.1, 0.15) is 5.56 Å². The number of benzene rings is 2. The number of para-hydroxylation sites is 2. The maximum Gasteiger partial charge on any atom is 0.351 e. The lowest BCUT2D eigenvalue weighted by Crippen LogP contribution is -2.13. The quantitative estimate of drug-likeness (QED) is 0.417. The number of ether oxygens (including phenoxy) is 1. The van der Waals surface area contributed by atoms with Crippen LogP contribution >= 0.6 is 0 Å². The maximum atomic E-state index is 12.4. The molecule has 7 nitrogen and oxygen atoms in total. The van der Waals surface area contributed by atoms with Gasteiger partial charge in [0, 0.05) is 12.1 Å². The largest absolute Gasteiger partial charge is 0.404 e. The van der Waals surface area contributed by atoms with Gasteiger partial charge >= 0.3 is 5.97 Å². The Balaban J connectivity index is 1.96. The highest BCUT2D eigenvalue weighted by molar-refractivity contribution is 5.95. The molecule has 0 N–H and O–H groups in total. The first-order chi connectivity index (χ1) is 11.6. The van der Waals surface area contributed by atoms with E-state index in [9.17, 15) is 14.9 Å². The van der Waals surface area contributed by atoms with E-state index in [1.165, 1.54) is 22.9 Å². The molecule has 0 unspecified atom stereocenters. The highest BCUT2D eigenvalue weighted by Gasteiger charge is 2.22. The molecule has 1 aromatic heterocycles. The fourth-order valence-electron chi connectivity index (χ4n) is 2.26. The monoisotopic (exact) mass is 323 g/mol. The molecule has 0 fully saturated rings. The molecule has 0 saturated heterocycles. The predicted molar refractivity (Wildman–Crippen MR) is 86.4 cm³/mol. The third-order valence-electron chi connectivity index (χ3n) is 3.32. The molecule has 3 rings (SSSR count). The second-order valence-electron chi connectivity index (χ2n) is 5.04. The number of carbonyl (C=O) groups excluding carboxylic acids is 1. The minimum Gasteiger partial charge on any atom is -0.404 e. The first-order valence-corrected chi connectivity index (χ1v) is 7.14. The number of carbonyl (C=O) groups is 1. The van der Waals surface area contributed by atoms with Crippen molar-refractivity contribution in [1.82, 2.24) is 9.78 Å². The lowest BCUT2D eigenvalue weighted by molar-refractivity contribution is -0.385. The summed E-state index contributed by atoms with van der Waals surface area (Å²) < 4.78 is 6.83. The summed E-state index contributed by atoms with van der Waals surface area (Å²) in [6, 6.07) is 16.4. The normalized spacial score (nSPS) is 10.4. The van der Waals surface area contributed by atoms with Crippen LogP contribution in [-0.2, 0) is 0 Å². The Morgan fingerprint density at radius 3 is 2.50 bits per heavy atom. The molecule has 2 aromatic carbocycles. The fraction of sp³-hybridized carbons (Fsp3) is 0.0588. The smallest absolute Gasteiger partial charge is 0.351 e. The molecule has 0 aliphatic carbocycles. The zero-order chi connectivity index (χ0) is 17.1. The molecule has 7 heteroatoms. The molecule has 0 radical (unpaired) electrons. The average molecular weight is 323 g/mol. The third-order valence-corrected chi connectivity index (χ3v) is 3.32. The van der Waals surface area contributed by atoms with E-state index in [1.54, 1.807) is 19.1 Å². The van der Waals surface area contributed by atoms with Crippen LogP contribution in [0.25, 0.3) is 5.69 Å². The number of nitrogens with zero attached hydrogens (tertiary/aromatic N) is 3. The number of aromatic nitrogens is 2. The van der Waals surface area contributed by atoms with Gasteiger partial charge in [-0.1, -0.05) is 30.3 Å². The number of rotatable bonds is 4. The zero-order valence-corrected chi connectivity index (χ0v) is 12.7. The van der Waals surface area contributed by atoms with Crippen molar-refractivity contribution in [2.45, 2.75) is 6.92 Å². The third kappa shape index (κ3) is 3.00. The van der Waals surface area contributed by atoms with E-state index in [0.29, 0.717) is 5.69 Å². The Kier molecular flexibility index (Phi) is 4.07. The van der Waals surface area contributed by atoms with E-state index in [4.69, 9.17) is 4.74 Å². The van der Waals surface area contributed by atoms with Gasteiger partial charge in [-0.3, -0.25) is 10.1 Å². The standard InChI is InChI=1S/C17H13N3O4/c1-12-11-16(19(18-12)13-7-3-2-4-8-13)24-17(21)14-9-5-6-10-15(14)20(22)23/h2-11H,1H3. The summed E-state index contributed by atoms with van der Waals surface area (Å²) in [6.07, 6.45) is 0. The van der Waals surface area contributed by atoms with E-state index in [-0.39, 0.29) is 17.1 Å².